The summed E-state index contributed by atoms with van der Waals surface area (Å²) in [5.41, 5.74) is 4.01. The van der Waals surface area contributed by atoms with Crippen molar-refractivity contribution in [3.8, 4) is 11.5 Å². The number of anilines is 1. The minimum atomic E-state index is -0.105. The number of nitrogens with one attached hydrogen (secondary N) is 1. The maximum absolute atomic E-state index is 13.8. The van der Waals surface area contributed by atoms with Gasteiger partial charge in [0.1, 0.15) is 0 Å². The molecule has 0 fully saturated rings. The highest BCUT2D eigenvalue weighted by atomic mass is 16.5. The van der Waals surface area contributed by atoms with Crippen molar-refractivity contribution in [3.63, 3.8) is 0 Å². The van der Waals surface area contributed by atoms with E-state index in [4.69, 9.17) is 4.74 Å². The molecule has 6 nitrogen and oxygen atoms in total. The second kappa shape index (κ2) is 10.4. The van der Waals surface area contributed by atoms with Crippen molar-refractivity contribution < 1.29 is 19.4 Å². The van der Waals surface area contributed by atoms with Gasteiger partial charge in [0.25, 0.3) is 6.47 Å². The van der Waals surface area contributed by atoms with E-state index in [1.54, 1.807) is 12.1 Å². The summed E-state index contributed by atoms with van der Waals surface area (Å²) in [6, 6.07) is 26.5. The molecule has 5 aromatic rings. The van der Waals surface area contributed by atoms with Crippen molar-refractivity contribution in [2.24, 2.45) is 0 Å². The van der Waals surface area contributed by atoms with Crippen LogP contribution in [0.1, 0.15) is 29.0 Å². The number of phenols is 1. The van der Waals surface area contributed by atoms with Crippen LogP contribution in [0.2, 0.25) is 0 Å². The number of fused-ring (bicyclic) bond motifs is 2. The average molecular weight is 481 g/mol. The van der Waals surface area contributed by atoms with Gasteiger partial charge in [-0.15, -0.1) is 0 Å². The normalized spacial score (nSPS) is 10.7. The Morgan fingerprint density at radius 3 is 2.50 bits per heavy atom. The number of aromatic nitrogens is 1. The van der Waals surface area contributed by atoms with Crippen molar-refractivity contribution in [2.75, 3.05) is 11.9 Å². The number of rotatable bonds is 8. The predicted molar refractivity (Wildman–Crippen MR) is 144 cm³/mol. The molecule has 0 atom stereocenters. The van der Waals surface area contributed by atoms with E-state index >= 15 is 0 Å². The quantitative estimate of drug-likeness (QED) is 0.154. The molecule has 4 aromatic carbocycles. The van der Waals surface area contributed by atoms with E-state index in [2.05, 4.69) is 9.88 Å². The Kier molecular flexibility index (Phi) is 7.06. The number of carbonyl (C=O) groups is 2. The number of aromatic hydroxyl groups is 1. The maximum Gasteiger partial charge on any atom is 0.298 e. The fourth-order valence-electron chi connectivity index (χ4n) is 4.65. The second-order valence-electron chi connectivity index (χ2n) is 8.31. The van der Waals surface area contributed by atoms with E-state index in [0.717, 1.165) is 27.4 Å². The van der Waals surface area contributed by atoms with Gasteiger partial charge in [-0.1, -0.05) is 68.1 Å². The van der Waals surface area contributed by atoms with E-state index < -0.39 is 0 Å². The number of carbonyl (C=O) groups excluding carboxylic acids is 2. The predicted octanol–water partition coefficient (Wildman–Crippen LogP) is 6.32. The molecule has 182 valence electrons. The van der Waals surface area contributed by atoms with Crippen molar-refractivity contribution in [1.82, 2.24) is 4.57 Å². The van der Waals surface area contributed by atoms with Gasteiger partial charge >= 0.3 is 0 Å². The van der Waals surface area contributed by atoms with Gasteiger partial charge in [0.2, 0.25) is 0 Å². The summed E-state index contributed by atoms with van der Waals surface area (Å²) in [6.07, 6.45) is 0. The minimum absolute atomic E-state index is 0. The highest BCUT2D eigenvalue weighted by Crippen LogP contribution is 2.31. The zero-order valence-electron chi connectivity index (χ0n) is 19.2. The summed E-state index contributed by atoms with van der Waals surface area (Å²) in [5, 5.41) is 16.0. The topological polar surface area (TPSA) is 80.6 Å². The summed E-state index contributed by atoms with van der Waals surface area (Å²) in [7, 11) is 0. The number of benzene rings is 4. The van der Waals surface area contributed by atoms with Crippen LogP contribution in [0.15, 0.2) is 84.9 Å². The van der Waals surface area contributed by atoms with E-state index in [1.807, 2.05) is 73.7 Å². The van der Waals surface area contributed by atoms with Crippen LogP contribution in [0.5, 0.6) is 11.5 Å². The van der Waals surface area contributed by atoms with E-state index in [0.29, 0.717) is 29.9 Å². The molecule has 0 bridgehead atoms. The standard InChI is InChI=1S/C29H24N2O4.CH4/c1-19-28(29(34)23-11-6-8-20-7-2-3-9-22(20)23)24-10-4-5-12-25(24)31(19)16-15-30-21-13-14-26(33)27(17-21)35-18-32;/h2-14,17-18,30,33H,15-16H2,1H3;1H4. The molecule has 0 saturated heterocycles. The molecule has 0 aliphatic rings. The van der Waals surface area contributed by atoms with Gasteiger partial charge < -0.3 is 19.7 Å². The zero-order valence-corrected chi connectivity index (χ0v) is 19.2. The van der Waals surface area contributed by atoms with Gasteiger partial charge in [-0.3, -0.25) is 9.59 Å². The number of hydrogen-bond acceptors (Lipinski definition) is 5. The van der Waals surface area contributed by atoms with Crippen LogP contribution in [0.25, 0.3) is 21.7 Å². The Balaban J connectivity index is 0.00000304. The Bertz CT molecular complexity index is 1560. The molecule has 2 N–H and O–H groups in total. The van der Waals surface area contributed by atoms with Gasteiger partial charge in [0.15, 0.2) is 17.3 Å². The Morgan fingerprint density at radius 2 is 1.69 bits per heavy atom. The van der Waals surface area contributed by atoms with E-state index in [-0.39, 0.29) is 31.2 Å². The summed E-state index contributed by atoms with van der Waals surface area (Å²) >= 11 is 0. The molecule has 36 heavy (non-hydrogen) atoms. The SMILES string of the molecule is C.Cc1c(C(=O)c2cccc3ccccc23)c2ccccc2n1CCNc1ccc(O)c(OC=O)c1. The lowest BCUT2D eigenvalue weighted by Gasteiger charge is -2.12. The molecule has 0 spiro atoms. The Morgan fingerprint density at radius 1 is 0.972 bits per heavy atom. The number of nitrogens with zero attached hydrogens (tertiary/aromatic N) is 1. The van der Waals surface area contributed by atoms with Crippen molar-refractivity contribution in [1.29, 1.82) is 0 Å². The molecule has 0 amide bonds. The van der Waals surface area contributed by atoms with Gasteiger partial charge in [-0.05, 0) is 35.9 Å². The van der Waals surface area contributed by atoms with Crippen LogP contribution in [0, 0.1) is 6.92 Å². The van der Waals surface area contributed by atoms with Crippen molar-refractivity contribution in [2.45, 2.75) is 20.9 Å². The fraction of sp³-hybridized carbons (Fsp3) is 0.133. The van der Waals surface area contributed by atoms with Crippen molar-refractivity contribution in [3.05, 3.63) is 102 Å². The molecule has 0 aliphatic heterocycles. The summed E-state index contributed by atoms with van der Waals surface area (Å²) in [4.78, 5) is 24.5. The number of phenolic OH excluding ortho intramolecular Hbond substituents is 1. The van der Waals surface area contributed by atoms with Gasteiger partial charge in [-0.25, -0.2) is 0 Å². The van der Waals surface area contributed by atoms with Crippen LogP contribution < -0.4 is 10.1 Å². The summed E-state index contributed by atoms with van der Waals surface area (Å²) < 4.78 is 6.95. The molecular weight excluding hydrogens is 452 g/mol. The molecule has 0 unspecified atom stereocenters. The van der Waals surface area contributed by atoms with Crippen LogP contribution in [-0.4, -0.2) is 28.5 Å². The third kappa shape index (κ3) is 4.41. The molecular formula is C30H28N2O4. The van der Waals surface area contributed by atoms with Crippen molar-refractivity contribution >= 4 is 39.6 Å². The summed E-state index contributed by atoms with van der Waals surface area (Å²) in [5.74, 6) is -0.00143. The second-order valence-corrected chi connectivity index (χ2v) is 8.31. The number of ether oxygens (including phenoxy) is 1. The third-order valence-corrected chi connectivity index (χ3v) is 6.29. The minimum Gasteiger partial charge on any atom is -0.504 e. The first-order valence-corrected chi connectivity index (χ1v) is 11.4. The molecule has 1 aromatic heterocycles. The molecule has 6 heteroatoms. The number of para-hydroxylation sites is 1. The molecule has 0 radical (unpaired) electrons. The molecule has 1 heterocycles. The molecule has 5 rings (SSSR count). The van der Waals surface area contributed by atoms with Gasteiger partial charge in [0, 0.05) is 47.0 Å². The van der Waals surface area contributed by atoms with E-state index in [1.165, 1.54) is 6.07 Å². The lowest BCUT2D eigenvalue weighted by atomic mass is 9.95. The van der Waals surface area contributed by atoms with Crippen LogP contribution >= 0.6 is 0 Å². The first kappa shape index (κ1) is 24.5. The summed E-state index contributed by atoms with van der Waals surface area (Å²) in [6.45, 7) is 3.43. The first-order chi connectivity index (χ1) is 17.1. The smallest absolute Gasteiger partial charge is 0.298 e. The van der Waals surface area contributed by atoms with Crippen LogP contribution in [0.3, 0.4) is 0 Å². The Labute approximate surface area is 209 Å². The highest BCUT2D eigenvalue weighted by molar-refractivity contribution is 6.22. The number of hydrogen-bond donors (Lipinski definition) is 2. The third-order valence-electron chi connectivity index (χ3n) is 6.29. The largest absolute Gasteiger partial charge is 0.504 e. The van der Waals surface area contributed by atoms with Gasteiger partial charge in [0.05, 0.1) is 5.56 Å². The molecule has 0 aliphatic carbocycles. The maximum atomic E-state index is 13.8. The lowest BCUT2D eigenvalue weighted by Crippen LogP contribution is -2.12. The van der Waals surface area contributed by atoms with Crippen LogP contribution in [-0.2, 0) is 11.3 Å². The van der Waals surface area contributed by atoms with E-state index in [9.17, 15) is 14.7 Å². The fourth-order valence-corrected chi connectivity index (χ4v) is 4.65. The Hall–Kier alpha value is -4.58. The average Bonchev–Trinajstić information content (AvgIpc) is 3.16. The molecule has 0 saturated carbocycles. The lowest BCUT2D eigenvalue weighted by molar-refractivity contribution is -0.120. The van der Waals surface area contributed by atoms with Crippen LogP contribution in [0.4, 0.5) is 5.69 Å². The monoisotopic (exact) mass is 480 g/mol. The van der Waals surface area contributed by atoms with Gasteiger partial charge in [-0.2, -0.15) is 0 Å². The first-order valence-electron chi connectivity index (χ1n) is 11.4. The highest BCUT2D eigenvalue weighted by Gasteiger charge is 2.22. The number of ketones is 1. The zero-order chi connectivity index (χ0) is 24.4.